The summed E-state index contributed by atoms with van der Waals surface area (Å²) in [5.74, 6) is -0.713. The van der Waals surface area contributed by atoms with Crippen LogP contribution >= 0.6 is 12.6 Å². The molecule has 0 aromatic rings. The maximum Gasteiger partial charge on any atom is 0.326 e. The van der Waals surface area contributed by atoms with Gasteiger partial charge in [0.25, 0.3) is 0 Å². The second-order valence-corrected chi connectivity index (χ2v) is 2.36. The number of nitrogens with one attached hydrogen (secondary N) is 1. The summed E-state index contributed by atoms with van der Waals surface area (Å²) in [6.45, 7) is 0. The first-order valence-electron chi connectivity index (χ1n) is 2.97. The van der Waals surface area contributed by atoms with E-state index >= 15 is 0 Å². The van der Waals surface area contributed by atoms with Gasteiger partial charge in [0, 0.05) is 0 Å². The molecule has 0 radical (unpaired) electrons. The lowest BCUT2D eigenvalue weighted by molar-refractivity contribution is -0.139. The molecule has 11 heavy (non-hydrogen) atoms. The zero-order valence-electron chi connectivity index (χ0n) is 5.78. The Hall–Kier alpha value is -0.910. The quantitative estimate of drug-likeness (QED) is 0.434. The van der Waals surface area contributed by atoms with Crippen molar-refractivity contribution in [1.29, 1.82) is 0 Å². The third-order valence-corrected chi connectivity index (χ3v) is 1.29. The normalized spacial score (nSPS) is 12.1. The third-order valence-electron chi connectivity index (χ3n) is 1.03. The number of hydrogen-bond acceptors (Lipinski definition) is 3. The molecule has 64 valence electrons. The molecule has 1 atom stereocenters. The number of aliphatic carboxylic acids is 1. The number of amides is 2. The zero-order valence-corrected chi connectivity index (χ0v) is 6.67. The van der Waals surface area contributed by atoms with Crippen molar-refractivity contribution in [1.82, 2.24) is 5.32 Å². The van der Waals surface area contributed by atoms with E-state index in [9.17, 15) is 9.59 Å². The van der Waals surface area contributed by atoms with Crippen LogP contribution in [0, 0.1) is 0 Å². The van der Waals surface area contributed by atoms with E-state index in [4.69, 9.17) is 10.8 Å². The van der Waals surface area contributed by atoms with E-state index in [1.165, 1.54) is 0 Å². The summed E-state index contributed by atoms with van der Waals surface area (Å²) in [5.41, 5.74) is 4.72. The summed E-state index contributed by atoms with van der Waals surface area (Å²) >= 11 is 3.82. The number of carboxylic acids is 1. The molecule has 0 saturated carbocycles. The van der Waals surface area contributed by atoms with Crippen molar-refractivity contribution < 1.29 is 14.7 Å². The van der Waals surface area contributed by atoms with Gasteiger partial charge in [-0.25, -0.2) is 9.59 Å². The van der Waals surface area contributed by atoms with Crippen molar-refractivity contribution in [2.24, 2.45) is 5.73 Å². The molecular weight excluding hydrogens is 168 g/mol. The van der Waals surface area contributed by atoms with Gasteiger partial charge in [-0.3, -0.25) is 0 Å². The van der Waals surface area contributed by atoms with E-state index in [0.29, 0.717) is 5.75 Å². The molecule has 0 saturated heterocycles. The maximum atomic E-state index is 10.3. The Bertz CT molecular complexity index is 162. The topological polar surface area (TPSA) is 92.4 Å². The molecule has 5 nitrogen and oxygen atoms in total. The van der Waals surface area contributed by atoms with Crippen molar-refractivity contribution in [3.8, 4) is 0 Å². The molecule has 0 aromatic carbocycles. The number of rotatable bonds is 4. The molecule has 0 aromatic heterocycles. The van der Waals surface area contributed by atoms with Gasteiger partial charge in [0.1, 0.15) is 6.04 Å². The molecule has 4 N–H and O–H groups in total. The van der Waals surface area contributed by atoms with Crippen LogP contribution in [0.3, 0.4) is 0 Å². The number of carbonyl (C=O) groups is 2. The Morgan fingerprint density at radius 3 is 2.45 bits per heavy atom. The van der Waals surface area contributed by atoms with Gasteiger partial charge < -0.3 is 16.2 Å². The molecule has 0 aliphatic rings. The van der Waals surface area contributed by atoms with Crippen molar-refractivity contribution >= 4 is 24.6 Å². The highest BCUT2D eigenvalue weighted by atomic mass is 32.1. The molecule has 0 aliphatic carbocycles. The summed E-state index contributed by atoms with van der Waals surface area (Å²) in [6, 6.07) is -1.76. The minimum atomic E-state index is -1.10. The molecule has 0 rings (SSSR count). The number of carboxylic acid groups (broad SMARTS) is 1. The second-order valence-electron chi connectivity index (χ2n) is 1.91. The van der Waals surface area contributed by atoms with E-state index in [0.717, 1.165) is 0 Å². The van der Waals surface area contributed by atoms with Crippen LogP contribution in [0.2, 0.25) is 0 Å². The monoisotopic (exact) mass is 178 g/mol. The van der Waals surface area contributed by atoms with Gasteiger partial charge in [-0.1, -0.05) is 0 Å². The summed E-state index contributed by atoms with van der Waals surface area (Å²) < 4.78 is 0. The van der Waals surface area contributed by atoms with Crippen LogP contribution in [0.5, 0.6) is 0 Å². The first-order valence-corrected chi connectivity index (χ1v) is 3.60. The average Bonchev–Trinajstić information content (AvgIpc) is 1.86. The number of primary amides is 1. The molecule has 0 fully saturated rings. The molecule has 0 spiro atoms. The lowest BCUT2D eigenvalue weighted by atomic mass is 10.2. The largest absolute Gasteiger partial charge is 0.480 e. The molecule has 2 amide bonds. The van der Waals surface area contributed by atoms with Gasteiger partial charge in [-0.05, 0) is 12.2 Å². The second kappa shape index (κ2) is 4.84. The smallest absolute Gasteiger partial charge is 0.326 e. The van der Waals surface area contributed by atoms with Crippen molar-refractivity contribution in [2.75, 3.05) is 5.75 Å². The van der Waals surface area contributed by atoms with Gasteiger partial charge in [-0.15, -0.1) is 0 Å². The highest BCUT2D eigenvalue weighted by molar-refractivity contribution is 7.80. The number of urea groups is 1. The van der Waals surface area contributed by atoms with Crippen LogP contribution in [0.1, 0.15) is 6.42 Å². The first kappa shape index (κ1) is 10.1. The van der Waals surface area contributed by atoms with Crippen LogP contribution in [0.25, 0.3) is 0 Å². The van der Waals surface area contributed by atoms with Gasteiger partial charge in [0.2, 0.25) is 0 Å². The molecule has 0 unspecified atom stereocenters. The fourth-order valence-electron chi connectivity index (χ4n) is 0.558. The lowest BCUT2D eigenvalue weighted by Crippen LogP contribution is -2.43. The van der Waals surface area contributed by atoms with Crippen molar-refractivity contribution in [3.05, 3.63) is 0 Å². The van der Waals surface area contributed by atoms with E-state index in [-0.39, 0.29) is 6.42 Å². The molecule has 0 bridgehead atoms. The summed E-state index contributed by atoms with van der Waals surface area (Å²) in [7, 11) is 0. The van der Waals surface area contributed by atoms with E-state index in [2.05, 4.69) is 17.9 Å². The van der Waals surface area contributed by atoms with Gasteiger partial charge in [-0.2, -0.15) is 12.6 Å². The minimum Gasteiger partial charge on any atom is -0.480 e. The third kappa shape index (κ3) is 4.49. The van der Waals surface area contributed by atoms with Crippen LogP contribution in [-0.2, 0) is 4.79 Å². The Balaban J connectivity index is 3.89. The van der Waals surface area contributed by atoms with Crippen molar-refractivity contribution in [3.63, 3.8) is 0 Å². The van der Waals surface area contributed by atoms with Gasteiger partial charge in [0.15, 0.2) is 0 Å². The average molecular weight is 178 g/mol. The number of hydrogen-bond donors (Lipinski definition) is 4. The predicted molar refractivity (Wildman–Crippen MR) is 42.6 cm³/mol. The standard InChI is InChI=1S/C5H10N2O3S/c6-5(10)7-3(1-2-11)4(8)9/h3,11H,1-2H2,(H,8,9)(H3,6,7,10)/t3-/m0/s1. The van der Waals surface area contributed by atoms with Crippen LogP contribution in [-0.4, -0.2) is 28.9 Å². The number of thiol groups is 1. The fraction of sp³-hybridized carbons (Fsp3) is 0.600. The summed E-state index contributed by atoms with van der Waals surface area (Å²) in [6.07, 6.45) is 0.265. The predicted octanol–water partition coefficient (Wildman–Crippen LogP) is -0.572. The summed E-state index contributed by atoms with van der Waals surface area (Å²) in [5, 5.41) is 10.5. The van der Waals surface area contributed by atoms with E-state index < -0.39 is 18.0 Å². The molecule has 0 aliphatic heterocycles. The lowest BCUT2D eigenvalue weighted by Gasteiger charge is -2.10. The van der Waals surface area contributed by atoms with Crippen LogP contribution < -0.4 is 11.1 Å². The molecule has 0 heterocycles. The highest BCUT2D eigenvalue weighted by Gasteiger charge is 2.16. The molecular formula is C5H10N2O3S. The van der Waals surface area contributed by atoms with Crippen molar-refractivity contribution in [2.45, 2.75) is 12.5 Å². The Kier molecular flexibility index (Phi) is 4.44. The summed E-state index contributed by atoms with van der Waals surface area (Å²) in [4.78, 5) is 20.5. The van der Waals surface area contributed by atoms with Crippen LogP contribution in [0.15, 0.2) is 0 Å². The fourth-order valence-corrected chi connectivity index (χ4v) is 0.816. The maximum absolute atomic E-state index is 10.3. The first-order chi connectivity index (χ1) is 5.07. The number of nitrogens with two attached hydrogens (primary N) is 1. The Morgan fingerprint density at radius 2 is 2.18 bits per heavy atom. The highest BCUT2D eigenvalue weighted by Crippen LogP contribution is 1.93. The SMILES string of the molecule is NC(=O)N[C@@H](CCS)C(=O)O. The van der Waals surface area contributed by atoms with E-state index in [1.807, 2.05) is 0 Å². The molecule has 6 heteroatoms. The zero-order chi connectivity index (χ0) is 8.85. The Labute approximate surface area is 69.4 Å². The minimum absolute atomic E-state index is 0.265. The van der Waals surface area contributed by atoms with Gasteiger partial charge >= 0.3 is 12.0 Å². The van der Waals surface area contributed by atoms with Crippen LogP contribution in [0.4, 0.5) is 4.79 Å². The van der Waals surface area contributed by atoms with Gasteiger partial charge in [0.05, 0.1) is 0 Å². The Morgan fingerprint density at radius 1 is 1.64 bits per heavy atom. The number of carbonyl (C=O) groups excluding carboxylic acids is 1. The van der Waals surface area contributed by atoms with E-state index in [1.54, 1.807) is 0 Å².